The molecule has 17 heavy (non-hydrogen) atoms. The van der Waals surface area contributed by atoms with Gasteiger partial charge >= 0.3 is 5.97 Å². The third-order valence-corrected chi connectivity index (χ3v) is 2.87. The van der Waals surface area contributed by atoms with Crippen molar-refractivity contribution in [2.45, 2.75) is 18.5 Å². The first kappa shape index (κ1) is 13.5. The van der Waals surface area contributed by atoms with Crippen molar-refractivity contribution in [2.24, 2.45) is 11.7 Å². The monoisotopic (exact) mass is 240 g/mol. The number of hydrogen-bond donors (Lipinski definition) is 2. The number of rotatable bonds is 4. The molecule has 3 N–H and O–H groups in total. The van der Waals surface area contributed by atoms with Gasteiger partial charge in [-0.15, -0.1) is 12.3 Å². The van der Waals surface area contributed by atoms with Crippen LogP contribution in [0, 0.1) is 18.3 Å². The lowest BCUT2D eigenvalue weighted by Crippen LogP contribution is -2.50. The summed E-state index contributed by atoms with van der Waals surface area (Å²) in [5.41, 5.74) is 5.60. The van der Waals surface area contributed by atoms with E-state index in [2.05, 4.69) is 5.92 Å². The first-order valence-electron chi connectivity index (χ1n) is 5.25. The topological polar surface area (TPSA) is 92.9 Å². The van der Waals surface area contributed by atoms with Crippen molar-refractivity contribution in [1.82, 2.24) is 4.90 Å². The van der Waals surface area contributed by atoms with E-state index < -0.39 is 24.0 Å². The van der Waals surface area contributed by atoms with Crippen LogP contribution in [0.5, 0.6) is 0 Å². The average molecular weight is 240 g/mol. The smallest absolute Gasteiger partial charge is 0.311 e. The van der Waals surface area contributed by atoms with Crippen LogP contribution in [0.15, 0.2) is 0 Å². The summed E-state index contributed by atoms with van der Waals surface area (Å²) < 4.78 is 5.09. The highest BCUT2D eigenvalue weighted by molar-refractivity contribution is 5.83. The summed E-state index contributed by atoms with van der Waals surface area (Å²) in [6.45, 7) is 0.323. The number of nitrogens with zero attached hydrogens (tertiary/aromatic N) is 1. The molecule has 1 heterocycles. The molecule has 0 spiro atoms. The molecule has 1 saturated heterocycles. The minimum absolute atomic E-state index is 0.113. The zero-order valence-corrected chi connectivity index (χ0v) is 9.63. The predicted octanol–water partition coefficient (Wildman–Crippen LogP) is -1.10. The largest absolute Gasteiger partial charge is 0.481 e. The highest BCUT2D eigenvalue weighted by Crippen LogP contribution is 2.19. The van der Waals surface area contributed by atoms with Crippen LogP contribution in [0.1, 0.15) is 6.42 Å². The molecule has 0 aromatic heterocycles. The minimum atomic E-state index is -0.974. The number of hydrogen-bond acceptors (Lipinski definition) is 4. The Morgan fingerprint density at radius 1 is 1.65 bits per heavy atom. The number of carbonyl (C=O) groups is 2. The molecule has 1 fully saturated rings. The molecule has 0 aliphatic carbocycles. The van der Waals surface area contributed by atoms with Crippen LogP contribution in [-0.4, -0.2) is 54.2 Å². The van der Waals surface area contributed by atoms with E-state index in [0.717, 1.165) is 0 Å². The molecule has 1 rings (SSSR count). The van der Waals surface area contributed by atoms with Gasteiger partial charge in [0.1, 0.15) is 5.92 Å². The van der Waals surface area contributed by atoms with E-state index in [-0.39, 0.29) is 25.5 Å². The van der Waals surface area contributed by atoms with E-state index in [1.165, 1.54) is 11.9 Å². The summed E-state index contributed by atoms with van der Waals surface area (Å²) in [4.78, 5) is 24.1. The SMILES string of the molecule is C#CCC(N)C(=O)N(C)C1COCC1C(=O)O. The van der Waals surface area contributed by atoms with Crippen LogP contribution >= 0.6 is 0 Å². The van der Waals surface area contributed by atoms with E-state index >= 15 is 0 Å². The Kier molecular flexibility index (Phi) is 4.49. The third kappa shape index (κ3) is 2.96. The van der Waals surface area contributed by atoms with Gasteiger partial charge in [-0.1, -0.05) is 0 Å². The van der Waals surface area contributed by atoms with Crippen LogP contribution in [0.2, 0.25) is 0 Å². The van der Waals surface area contributed by atoms with Gasteiger partial charge < -0.3 is 20.5 Å². The van der Waals surface area contributed by atoms with Crippen LogP contribution in [0.3, 0.4) is 0 Å². The Bertz CT molecular complexity index is 350. The number of amides is 1. The van der Waals surface area contributed by atoms with E-state index in [4.69, 9.17) is 22.0 Å². The van der Waals surface area contributed by atoms with Gasteiger partial charge in [-0.3, -0.25) is 9.59 Å². The second kappa shape index (κ2) is 5.66. The molecular formula is C11H16N2O4. The van der Waals surface area contributed by atoms with Crippen molar-refractivity contribution >= 4 is 11.9 Å². The second-order valence-corrected chi connectivity index (χ2v) is 4.01. The van der Waals surface area contributed by atoms with Gasteiger partial charge in [0, 0.05) is 13.5 Å². The van der Waals surface area contributed by atoms with Crippen molar-refractivity contribution in [3.8, 4) is 12.3 Å². The van der Waals surface area contributed by atoms with Gasteiger partial charge in [0.15, 0.2) is 0 Å². The standard InChI is InChI=1S/C11H16N2O4/c1-3-4-8(12)10(14)13(2)9-6-17-5-7(9)11(15)16/h1,7-9H,4-6,12H2,2H3,(H,15,16). The molecule has 1 aliphatic heterocycles. The fourth-order valence-corrected chi connectivity index (χ4v) is 1.80. The molecule has 0 aromatic carbocycles. The number of carboxylic acids is 1. The fourth-order valence-electron chi connectivity index (χ4n) is 1.80. The van der Waals surface area contributed by atoms with Crippen LogP contribution in [0.25, 0.3) is 0 Å². The zero-order valence-electron chi connectivity index (χ0n) is 9.63. The molecule has 3 unspecified atom stereocenters. The number of carbonyl (C=O) groups excluding carboxylic acids is 1. The van der Waals surface area contributed by atoms with Gasteiger partial charge in [-0.2, -0.15) is 0 Å². The van der Waals surface area contributed by atoms with Crippen LogP contribution in [-0.2, 0) is 14.3 Å². The molecule has 1 aliphatic rings. The first-order valence-corrected chi connectivity index (χ1v) is 5.25. The molecule has 0 aromatic rings. The number of ether oxygens (including phenoxy) is 1. The number of aliphatic carboxylic acids is 1. The Labute approximate surface area is 99.7 Å². The molecule has 3 atom stereocenters. The molecule has 0 saturated carbocycles. The number of terminal acetylenes is 1. The van der Waals surface area contributed by atoms with E-state index in [0.29, 0.717) is 0 Å². The quantitative estimate of drug-likeness (QED) is 0.608. The lowest BCUT2D eigenvalue weighted by Gasteiger charge is -2.28. The van der Waals surface area contributed by atoms with E-state index in [1.54, 1.807) is 0 Å². The van der Waals surface area contributed by atoms with Gasteiger partial charge in [0.05, 0.1) is 25.3 Å². The van der Waals surface area contributed by atoms with Crippen molar-refractivity contribution in [1.29, 1.82) is 0 Å². The summed E-state index contributed by atoms with van der Waals surface area (Å²) in [7, 11) is 1.52. The molecular weight excluding hydrogens is 224 g/mol. The third-order valence-electron chi connectivity index (χ3n) is 2.87. The summed E-state index contributed by atoms with van der Waals surface area (Å²) in [6.07, 6.45) is 5.21. The maximum atomic E-state index is 11.8. The summed E-state index contributed by atoms with van der Waals surface area (Å²) >= 11 is 0. The molecule has 1 amide bonds. The lowest BCUT2D eigenvalue weighted by atomic mass is 10.0. The second-order valence-electron chi connectivity index (χ2n) is 4.01. The van der Waals surface area contributed by atoms with Gasteiger partial charge in [-0.05, 0) is 0 Å². The van der Waals surface area contributed by atoms with Crippen LogP contribution < -0.4 is 5.73 Å². The Hall–Kier alpha value is -1.58. The van der Waals surface area contributed by atoms with Crippen molar-refractivity contribution in [3.05, 3.63) is 0 Å². The van der Waals surface area contributed by atoms with Gasteiger partial charge in [0.25, 0.3) is 0 Å². The molecule has 6 nitrogen and oxygen atoms in total. The molecule has 6 heteroatoms. The summed E-state index contributed by atoms with van der Waals surface area (Å²) in [5, 5.41) is 8.97. The van der Waals surface area contributed by atoms with E-state index in [9.17, 15) is 9.59 Å². The lowest BCUT2D eigenvalue weighted by molar-refractivity contribution is -0.144. The predicted molar refractivity (Wildman–Crippen MR) is 59.9 cm³/mol. The molecule has 0 radical (unpaired) electrons. The van der Waals surface area contributed by atoms with Crippen molar-refractivity contribution in [2.75, 3.05) is 20.3 Å². The van der Waals surface area contributed by atoms with Crippen molar-refractivity contribution < 1.29 is 19.4 Å². The van der Waals surface area contributed by atoms with Gasteiger partial charge in [-0.25, -0.2) is 0 Å². The minimum Gasteiger partial charge on any atom is -0.481 e. The number of nitrogens with two attached hydrogens (primary N) is 1. The highest BCUT2D eigenvalue weighted by atomic mass is 16.5. The van der Waals surface area contributed by atoms with Crippen molar-refractivity contribution in [3.63, 3.8) is 0 Å². The number of carboxylic acid groups (broad SMARTS) is 1. The maximum Gasteiger partial charge on any atom is 0.311 e. The highest BCUT2D eigenvalue weighted by Gasteiger charge is 2.39. The molecule has 0 bridgehead atoms. The summed E-state index contributed by atoms with van der Waals surface area (Å²) in [6, 6.07) is -1.27. The molecule has 94 valence electrons. The fraction of sp³-hybridized carbons (Fsp3) is 0.636. The average Bonchev–Trinajstić information content (AvgIpc) is 2.76. The number of likely N-dealkylation sites (N-methyl/N-ethyl adjacent to an activating group) is 1. The zero-order chi connectivity index (χ0) is 13.0. The summed E-state index contributed by atoms with van der Waals surface area (Å²) in [5.74, 6) is 0.270. The Morgan fingerprint density at radius 3 is 2.82 bits per heavy atom. The Balaban J connectivity index is 2.69. The maximum absolute atomic E-state index is 11.8. The first-order chi connectivity index (χ1) is 7.99. The van der Waals surface area contributed by atoms with Gasteiger partial charge in [0.2, 0.25) is 5.91 Å². The van der Waals surface area contributed by atoms with Crippen LogP contribution in [0.4, 0.5) is 0 Å². The normalized spacial score (nSPS) is 25.0. The Morgan fingerprint density at radius 2 is 2.29 bits per heavy atom. The van der Waals surface area contributed by atoms with E-state index in [1.807, 2.05) is 0 Å².